The summed E-state index contributed by atoms with van der Waals surface area (Å²) in [6.45, 7) is 3.58. The van der Waals surface area contributed by atoms with Crippen LogP contribution in [-0.4, -0.2) is 73.8 Å². The number of fused-ring (bicyclic) bond motifs is 1. The van der Waals surface area contributed by atoms with Crippen molar-refractivity contribution in [1.29, 1.82) is 0 Å². The third-order valence-electron chi connectivity index (χ3n) is 6.71. The topological polar surface area (TPSA) is 105 Å². The Morgan fingerprint density at radius 2 is 2.00 bits per heavy atom. The van der Waals surface area contributed by atoms with Crippen LogP contribution in [-0.2, 0) is 6.18 Å². The summed E-state index contributed by atoms with van der Waals surface area (Å²) in [7, 11) is 0. The maximum Gasteiger partial charge on any atom is 0.417 e. The molecular weight excluding hydrogens is 501 g/mol. The fourth-order valence-electron chi connectivity index (χ4n) is 4.73. The monoisotopic (exact) mass is 522 g/mol. The minimum atomic E-state index is -4.49. The molecule has 10 nitrogen and oxygen atoms in total. The van der Waals surface area contributed by atoms with E-state index in [4.69, 9.17) is 4.52 Å². The van der Waals surface area contributed by atoms with Crippen LogP contribution in [0.25, 0.3) is 17.2 Å². The van der Waals surface area contributed by atoms with Crippen LogP contribution < -0.4 is 4.90 Å². The lowest BCUT2D eigenvalue weighted by molar-refractivity contribution is -0.137. The zero-order valence-electron chi connectivity index (χ0n) is 20.1. The van der Waals surface area contributed by atoms with Crippen molar-refractivity contribution in [3.05, 3.63) is 71.5 Å². The maximum absolute atomic E-state index is 13.3. The van der Waals surface area contributed by atoms with Crippen LogP contribution in [0.5, 0.6) is 0 Å². The normalized spacial score (nSPS) is 17.9. The zero-order chi connectivity index (χ0) is 26.4. The van der Waals surface area contributed by atoms with Gasteiger partial charge in [-0.1, -0.05) is 11.2 Å². The van der Waals surface area contributed by atoms with Gasteiger partial charge in [-0.15, -0.1) is 0 Å². The van der Waals surface area contributed by atoms with E-state index in [-0.39, 0.29) is 17.8 Å². The van der Waals surface area contributed by atoms with Crippen molar-refractivity contribution in [3.8, 4) is 11.5 Å². The number of aryl methyl sites for hydroxylation is 1. The smallest absolute Gasteiger partial charge is 0.361 e. The van der Waals surface area contributed by atoms with Crippen LogP contribution in [0.1, 0.15) is 21.7 Å². The maximum atomic E-state index is 13.3. The number of nitrogens with zero attached hydrogens (tertiary/aromatic N) is 8. The van der Waals surface area contributed by atoms with E-state index in [1.807, 2.05) is 11.0 Å². The molecule has 13 heteroatoms. The molecule has 2 aliphatic rings. The molecule has 0 aromatic carbocycles. The van der Waals surface area contributed by atoms with Crippen LogP contribution in [0.15, 0.2) is 64.2 Å². The molecule has 0 N–H and O–H groups in total. The van der Waals surface area contributed by atoms with Gasteiger partial charge in [0.2, 0.25) is 0 Å². The third kappa shape index (κ3) is 4.19. The van der Waals surface area contributed by atoms with Gasteiger partial charge >= 0.3 is 6.18 Å². The number of alkyl halides is 3. The van der Waals surface area contributed by atoms with Crippen LogP contribution in [0.4, 0.5) is 19.0 Å². The molecule has 1 atom stereocenters. The molecule has 38 heavy (non-hydrogen) atoms. The van der Waals surface area contributed by atoms with Gasteiger partial charge in [-0.2, -0.15) is 13.2 Å². The van der Waals surface area contributed by atoms with Crippen molar-refractivity contribution >= 4 is 23.6 Å². The summed E-state index contributed by atoms with van der Waals surface area (Å²) in [6, 6.07) is 3.75. The third-order valence-corrected chi connectivity index (χ3v) is 6.71. The van der Waals surface area contributed by atoms with Crippen LogP contribution in [0.2, 0.25) is 0 Å². The van der Waals surface area contributed by atoms with Crippen molar-refractivity contribution < 1.29 is 22.5 Å². The van der Waals surface area contributed by atoms with E-state index in [9.17, 15) is 18.0 Å². The number of aromatic nitrogens is 5. The molecule has 1 amide bonds. The Hall–Kier alpha value is -4.55. The first-order valence-corrected chi connectivity index (χ1v) is 11.8. The number of rotatable bonds is 4. The molecule has 0 spiro atoms. The first-order valence-electron chi connectivity index (χ1n) is 11.8. The predicted octanol–water partition coefficient (Wildman–Crippen LogP) is 3.45. The minimum absolute atomic E-state index is 0.177. The van der Waals surface area contributed by atoms with E-state index in [2.05, 4.69) is 25.1 Å². The van der Waals surface area contributed by atoms with Gasteiger partial charge in [-0.25, -0.2) is 15.0 Å². The molecule has 6 heterocycles. The first-order chi connectivity index (χ1) is 18.3. The van der Waals surface area contributed by atoms with E-state index in [0.717, 1.165) is 17.8 Å². The summed E-state index contributed by atoms with van der Waals surface area (Å²) in [5.74, 6) is 1.11. The van der Waals surface area contributed by atoms with Crippen LogP contribution in [0, 0.1) is 6.92 Å². The summed E-state index contributed by atoms with van der Waals surface area (Å²) >= 11 is 0. The molecular formula is C25H21F3N8O2. The van der Waals surface area contributed by atoms with Crippen molar-refractivity contribution in [2.45, 2.75) is 19.1 Å². The van der Waals surface area contributed by atoms with Crippen molar-refractivity contribution in [1.82, 2.24) is 29.4 Å². The number of anilines is 1. The molecule has 4 aromatic heterocycles. The van der Waals surface area contributed by atoms with E-state index >= 15 is 0 Å². The number of imidazole rings is 1. The molecule has 0 aliphatic carbocycles. The SMILES string of the molecule is Cc1oncc1C(=O)N1CCN(c2ccnc(-c3cnc4ccc(C(F)(F)F)cn34)n2)C[C@H]1C1=CCN=C1. The largest absolute Gasteiger partial charge is 0.417 e. The number of amides is 1. The van der Waals surface area contributed by atoms with E-state index in [1.54, 1.807) is 30.3 Å². The molecule has 0 saturated carbocycles. The Morgan fingerprint density at radius 1 is 1.13 bits per heavy atom. The second kappa shape index (κ2) is 9.08. The molecule has 0 unspecified atom stereocenters. The van der Waals surface area contributed by atoms with Crippen molar-refractivity contribution in [2.75, 3.05) is 31.1 Å². The summed E-state index contributed by atoms with van der Waals surface area (Å²) in [6.07, 6.45) is 4.70. The molecule has 2 aliphatic heterocycles. The quantitative estimate of drug-likeness (QED) is 0.404. The van der Waals surface area contributed by atoms with Gasteiger partial charge in [0, 0.05) is 38.2 Å². The van der Waals surface area contributed by atoms with Gasteiger partial charge in [-0.05, 0) is 30.7 Å². The van der Waals surface area contributed by atoms with Crippen molar-refractivity contribution in [2.24, 2.45) is 4.99 Å². The molecule has 194 valence electrons. The number of piperazine rings is 1. The highest BCUT2D eigenvalue weighted by atomic mass is 19.4. The Balaban J connectivity index is 1.31. The average Bonchev–Trinajstić information content (AvgIpc) is 3.68. The second-order valence-electron chi connectivity index (χ2n) is 8.98. The Kier molecular flexibility index (Phi) is 5.69. The lowest BCUT2D eigenvalue weighted by Gasteiger charge is -2.42. The summed E-state index contributed by atoms with van der Waals surface area (Å²) in [5.41, 5.74) is 1.23. The van der Waals surface area contributed by atoms with Crippen molar-refractivity contribution in [3.63, 3.8) is 0 Å². The Morgan fingerprint density at radius 3 is 2.74 bits per heavy atom. The number of aliphatic imine (C=N–C) groups is 1. The molecule has 6 rings (SSSR count). The highest BCUT2D eigenvalue weighted by molar-refractivity contribution is 5.96. The molecule has 1 saturated heterocycles. The van der Waals surface area contributed by atoms with Gasteiger partial charge in [0.15, 0.2) is 5.82 Å². The second-order valence-corrected chi connectivity index (χ2v) is 8.98. The molecule has 0 bridgehead atoms. The average molecular weight is 522 g/mol. The fourth-order valence-corrected chi connectivity index (χ4v) is 4.73. The lowest BCUT2D eigenvalue weighted by Crippen LogP contribution is -2.56. The Labute approximate surface area is 214 Å². The van der Waals surface area contributed by atoms with E-state index in [0.29, 0.717) is 54.7 Å². The standard InChI is InChI=1S/C25H21F3N8O2/c1-15-18(11-32-38-15)24(37)35-9-8-34(14-20(35)16-4-6-29-10-16)22-5-7-30-23(33-22)19-12-31-21-3-2-17(13-36(19)21)25(26,27)28/h2-5,7,10-13,20H,6,8-9,14H2,1H3/t20-/m0/s1. The fraction of sp³-hybridized carbons (Fsp3) is 0.280. The molecule has 4 aromatic rings. The number of halogens is 3. The number of carbonyl (C=O) groups is 1. The summed E-state index contributed by atoms with van der Waals surface area (Å²) < 4.78 is 46.4. The van der Waals surface area contributed by atoms with Gasteiger partial charge < -0.3 is 14.3 Å². The highest BCUT2D eigenvalue weighted by Crippen LogP contribution is 2.31. The van der Waals surface area contributed by atoms with Gasteiger partial charge in [0.05, 0.1) is 30.5 Å². The van der Waals surface area contributed by atoms with E-state index < -0.39 is 11.7 Å². The van der Waals surface area contributed by atoms with E-state index in [1.165, 1.54) is 22.9 Å². The van der Waals surface area contributed by atoms with Gasteiger partial charge in [0.1, 0.15) is 28.5 Å². The molecule has 1 fully saturated rings. The minimum Gasteiger partial charge on any atom is -0.361 e. The van der Waals surface area contributed by atoms with Crippen LogP contribution >= 0.6 is 0 Å². The summed E-state index contributed by atoms with van der Waals surface area (Å²) in [5, 5.41) is 3.74. The summed E-state index contributed by atoms with van der Waals surface area (Å²) in [4.78, 5) is 34.6. The number of hydrogen-bond donors (Lipinski definition) is 0. The number of carbonyl (C=O) groups excluding carboxylic acids is 1. The van der Waals surface area contributed by atoms with Gasteiger partial charge in [-0.3, -0.25) is 14.2 Å². The zero-order valence-corrected chi connectivity index (χ0v) is 20.1. The van der Waals surface area contributed by atoms with Crippen LogP contribution in [0.3, 0.4) is 0 Å². The lowest BCUT2D eigenvalue weighted by atomic mass is 10.0. The molecule has 0 radical (unpaired) electrons. The predicted molar refractivity (Wildman–Crippen MR) is 131 cm³/mol. The van der Waals surface area contributed by atoms with Gasteiger partial charge in [0.25, 0.3) is 5.91 Å². The first kappa shape index (κ1) is 23.8. The Bertz CT molecular complexity index is 1590. The number of hydrogen-bond acceptors (Lipinski definition) is 8. The number of pyridine rings is 1. The highest BCUT2D eigenvalue weighted by Gasteiger charge is 2.35.